The Morgan fingerprint density at radius 2 is 2.08 bits per heavy atom. The Hall–Kier alpha value is -2.44. The van der Waals surface area contributed by atoms with E-state index < -0.39 is 5.91 Å². The molecule has 2 heterocycles. The van der Waals surface area contributed by atoms with Crippen LogP contribution in [0.1, 0.15) is 34.3 Å². The van der Waals surface area contributed by atoms with Gasteiger partial charge in [-0.15, -0.1) is 0 Å². The first kappa shape index (κ1) is 17.0. The molecule has 1 aliphatic heterocycles. The van der Waals surface area contributed by atoms with Crippen molar-refractivity contribution in [3.05, 3.63) is 58.2 Å². The number of aromatic nitrogens is 1. The Kier molecular flexibility index (Phi) is 4.17. The monoisotopic (exact) mass is 371 g/mol. The maximum atomic E-state index is 12.6. The van der Waals surface area contributed by atoms with Crippen LogP contribution >= 0.6 is 11.6 Å². The van der Waals surface area contributed by atoms with Crippen molar-refractivity contribution in [3.63, 3.8) is 0 Å². The molecule has 2 aliphatic rings. The third kappa shape index (κ3) is 2.85. The number of anilines is 1. The van der Waals surface area contributed by atoms with E-state index in [0.29, 0.717) is 22.1 Å². The van der Waals surface area contributed by atoms with E-state index in [1.54, 1.807) is 18.2 Å². The molecule has 134 valence electrons. The molecule has 1 aromatic carbocycles. The second kappa shape index (κ2) is 6.37. The van der Waals surface area contributed by atoms with Gasteiger partial charge in [-0.1, -0.05) is 17.7 Å². The van der Waals surface area contributed by atoms with Gasteiger partial charge in [0.05, 0.1) is 10.4 Å². The summed E-state index contributed by atoms with van der Waals surface area (Å²) >= 11 is 5.78. The Bertz CT molecular complexity index is 884. The van der Waals surface area contributed by atoms with E-state index in [1.807, 2.05) is 6.07 Å². The molecule has 1 saturated heterocycles. The number of carbonyl (C=O) groups excluding carboxylic acids is 2. The molecule has 7 heteroatoms. The van der Waals surface area contributed by atoms with Crippen LogP contribution in [0.25, 0.3) is 0 Å². The molecule has 1 aromatic heterocycles. The number of rotatable bonds is 2. The fourth-order valence-corrected chi connectivity index (χ4v) is 3.95. The fourth-order valence-electron chi connectivity index (χ4n) is 3.83. The van der Waals surface area contributed by atoms with Gasteiger partial charge in [0.1, 0.15) is 0 Å². The summed E-state index contributed by atoms with van der Waals surface area (Å²) in [5, 5.41) is 14.0. The quantitative estimate of drug-likeness (QED) is 0.628. The van der Waals surface area contributed by atoms with Crippen molar-refractivity contribution < 1.29 is 14.8 Å². The van der Waals surface area contributed by atoms with Crippen molar-refractivity contribution in [1.82, 2.24) is 10.3 Å². The SMILES string of the molecule is O=C(c1ccc2c(c1)CC[C@@]1(CCNC1=O)C2)N(O)c1ccc(Cl)cn1. The van der Waals surface area contributed by atoms with Gasteiger partial charge in [-0.25, -0.2) is 4.98 Å². The standard InChI is InChI=1S/C19H18ClN3O3/c20-15-3-4-16(22-11-15)23(26)17(24)13-1-2-14-10-19(6-5-12(14)9-13)7-8-21-18(19)25/h1-4,9,11,26H,5-8,10H2,(H,21,25)/t19-/m1/s1. The molecule has 0 saturated carbocycles. The second-order valence-corrected chi connectivity index (χ2v) is 7.33. The minimum absolute atomic E-state index is 0.110. The van der Waals surface area contributed by atoms with Crippen molar-refractivity contribution in [2.75, 3.05) is 11.6 Å². The molecule has 1 atom stereocenters. The molecule has 6 nitrogen and oxygen atoms in total. The van der Waals surface area contributed by atoms with Gasteiger partial charge in [0, 0.05) is 18.3 Å². The highest BCUT2D eigenvalue weighted by Crippen LogP contribution is 2.41. The first-order chi connectivity index (χ1) is 12.5. The number of nitrogens with one attached hydrogen (secondary N) is 1. The number of nitrogens with zero attached hydrogens (tertiary/aromatic N) is 2. The van der Waals surface area contributed by atoms with Gasteiger partial charge < -0.3 is 5.32 Å². The van der Waals surface area contributed by atoms with Crippen LogP contribution < -0.4 is 10.4 Å². The number of amides is 2. The van der Waals surface area contributed by atoms with Gasteiger partial charge >= 0.3 is 0 Å². The van der Waals surface area contributed by atoms with E-state index in [-0.39, 0.29) is 17.1 Å². The molecular weight excluding hydrogens is 354 g/mol. The number of halogens is 1. The molecule has 26 heavy (non-hydrogen) atoms. The highest BCUT2D eigenvalue weighted by molar-refractivity contribution is 6.30. The molecule has 0 radical (unpaired) electrons. The van der Waals surface area contributed by atoms with Crippen LogP contribution in [0, 0.1) is 5.41 Å². The molecule has 2 amide bonds. The molecule has 2 aromatic rings. The van der Waals surface area contributed by atoms with Crippen LogP contribution in [0.4, 0.5) is 5.82 Å². The molecule has 4 rings (SSSR count). The summed E-state index contributed by atoms with van der Waals surface area (Å²) in [6.45, 7) is 0.734. The van der Waals surface area contributed by atoms with E-state index >= 15 is 0 Å². The highest BCUT2D eigenvalue weighted by atomic mass is 35.5. The predicted molar refractivity (Wildman–Crippen MR) is 96.4 cm³/mol. The Balaban J connectivity index is 1.57. The third-order valence-electron chi connectivity index (χ3n) is 5.35. The topological polar surface area (TPSA) is 82.5 Å². The molecule has 1 fully saturated rings. The molecule has 1 aliphatic carbocycles. The lowest BCUT2D eigenvalue weighted by molar-refractivity contribution is -0.128. The number of benzene rings is 1. The first-order valence-electron chi connectivity index (χ1n) is 8.53. The maximum absolute atomic E-state index is 12.6. The molecular formula is C19H18ClN3O3. The zero-order valence-electron chi connectivity index (χ0n) is 14.0. The lowest BCUT2D eigenvalue weighted by Crippen LogP contribution is -2.36. The Morgan fingerprint density at radius 3 is 2.77 bits per heavy atom. The molecule has 0 bridgehead atoms. The summed E-state index contributed by atoms with van der Waals surface area (Å²) in [6.07, 6.45) is 4.45. The Labute approximate surface area is 155 Å². The largest absolute Gasteiger partial charge is 0.356 e. The van der Waals surface area contributed by atoms with Crippen LogP contribution in [0.5, 0.6) is 0 Å². The third-order valence-corrected chi connectivity index (χ3v) is 5.57. The van der Waals surface area contributed by atoms with Crippen LogP contribution in [0.3, 0.4) is 0 Å². The Morgan fingerprint density at radius 1 is 1.23 bits per heavy atom. The predicted octanol–water partition coefficient (Wildman–Crippen LogP) is 2.77. The van der Waals surface area contributed by atoms with Crippen molar-refractivity contribution in [2.45, 2.75) is 25.7 Å². The van der Waals surface area contributed by atoms with E-state index in [0.717, 1.165) is 36.9 Å². The summed E-state index contributed by atoms with van der Waals surface area (Å²) in [5.74, 6) is -0.307. The van der Waals surface area contributed by atoms with Gasteiger partial charge in [-0.2, -0.15) is 5.06 Å². The smallest absolute Gasteiger partial charge is 0.283 e. The molecule has 0 unspecified atom stereocenters. The summed E-state index contributed by atoms with van der Waals surface area (Å²) in [5.41, 5.74) is 2.24. The second-order valence-electron chi connectivity index (χ2n) is 6.90. The van der Waals surface area contributed by atoms with E-state index in [1.165, 1.54) is 12.3 Å². The van der Waals surface area contributed by atoms with E-state index in [4.69, 9.17) is 11.6 Å². The fraction of sp³-hybridized carbons (Fsp3) is 0.316. The van der Waals surface area contributed by atoms with Gasteiger partial charge in [0.2, 0.25) is 5.91 Å². The van der Waals surface area contributed by atoms with Crippen LogP contribution in [-0.2, 0) is 17.6 Å². The minimum Gasteiger partial charge on any atom is -0.356 e. The van der Waals surface area contributed by atoms with Gasteiger partial charge in [-0.05, 0) is 61.1 Å². The van der Waals surface area contributed by atoms with Crippen LogP contribution in [0.15, 0.2) is 36.5 Å². The van der Waals surface area contributed by atoms with Crippen LogP contribution in [0.2, 0.25) is 5.02 Å². The van der Waals surface area contributed by atoms with Crippen molar-refractivity contribution in [2.24, 2.45) is 5.41 Å². The summed E-state index contributed by atoms with van der Waals surface area (Å²) in [7, 11) is 0. The summed E-state index contributed by atoms with van der Waals surface area (Å²) in [4.78, 5) is 28.7. The molecule has 1 spiro atoms. The lowest BCUT2D eigenvalue weighted by atomic mass is 9.70. The normalized spacial score (nSPS) is 21.4. The number of carbonyl (C=O) groups is 2. The number of hydroxylamine groups is 1. The number of aryl methyl sites for hydroxylation is 1. The number of hydrogen-bond donors (Lipinski definition) is 2. The highest BCUT2D eigenvalue weighted by Gasteiger charge is 2.44. The number of fused-ring (bicyclic) bond motifs is 1. The minimum atomic E-state index is -0.554. The first-order valence-corrected chi connectivity index (χ1v) is 8.91. The van der Waals surface area contributed by atoms with Crippen molar-refractivity contribution in [1.29, 1.82) is 0 Å². The zero-order valence-corrected chi connectivity index (χ0v) is 14.8. The summed E-state index contributed by atoms with van der Waals surface area (Å²) in [6, 6.07) is 8.40. The van der Waals surface area contributed by atoms with Gasteiger partial charge in [-0.3, -0.25) is 14.8 Å². The van der Waals surface area contributed by atoms with Gasteiger partial charge in [0.15, 0.2) is 5.82 Å². The zero-order chi connectivity index (χ0) is 18.3. The van der Waals surface area contributed by atoms with E-state index in [9.17, 15) is 14.8 Å². The van der Waals surface area contributed by atoms with Crippen LogP contribution in [-0.4, -0.2) is 28.6 Å². The molecule has 2 N–H and O–H groups in total. The van der Waals surface area contributed by atoms with Crippen molar-refractivity contribution in [3.8, 4) is 0 Å². The van der Waals surface area contributed by atoms with E-state index in [2.05, 4.69) is 10.3 Å². The summed E-state index contributed by atoms with van der Waals surface area (Å²) < 4.78 is 0. The van der Waals surface area contributed by atoms with Crippen molar-refractivity contribution >= 4 is 29.2 Å². The average Bonchev–Trinajstić information content (AvgIpc) is 3.00. The lowest BCUT2D eigenvalue weighted by Gasteiger charge is -2.32. The maximum Gasteiger partial charge on any atom is 0.283 e. The number of pyridine rings is 1. The van der Waals surface area contributed by atoms with Gasteiger partial charge in [0.25, 0.3) is 5.91 Å². The number of hydrogen-bond acceptors (Lipinski definition) is 4. The average molecular weight is 372 g/mol.